The molecule has 48 heavy (non-hydrogen) atoms. The number of nitrogens with zero attached hydrogens (tertiary/aromatic N) is 2. The number of hydrogen-bond donors (Lipinski definition) is 4. The summed E-state index contributed by atoms with van der Waals surface area (Å²) in [6.07, 6.45) is 0.274. The van der Waals surface area contributed by atoms with Crippen molar-refractivity contribution in [3.63, 3.8) is 0 Å². The number of alkyl carbamates (subject to hydrolysis) is 1. The van der Waals surface area contributed by atoms with Crippen LogP contribution in [-0.4, -0.2) is 102 Å². The molecule has 0 aliphatic carbocycles. The molecule has 4 N–H and O–H groups in total. The zero-order valence-electron chi connectivity index (χ0n) is 29.5. The number of ketones is 1. The number of Topliss-reactive ketones (excluding diaryl/α,β-unsaturated/α-hetero) is 1. The molecule has 0 aromatic heterocycles. The van der Waals surface area contributed by atoms with Gasteiger partial charge in [-0.25, -0.2) is 4.79 Å². The molecule has 2 rings (SSSR count). The van der Waals surface area contributed by atoms with Crippen LogP contribution < -0.4 is 21.3 Å². The van der Waals surface area contributed by atoms with Crippen LogP contribution in [0.5, 0.6) is 0 Å². The number of amides is 6. The van der Waals surface area contributed by atoms with Crippen LogP contribution in [0.15, 0.2) is 30.3 Å². The molecule has 1 unspecified atom stereocenters. The van der Waals surface area contributed by atoms with Crippen molar-refractivity contribution in [1.29, 1.82) is 0 Å². The maximum Gasteiger partial charge on any atom is 0.408 e. The van der Waals surface area contributed by atoms with Crippen LogP contribution in [0.2, 0.25) is 0 Å². The SMILES string of the molecule is CCCC(NC(=O)[C@@H]1CC[C@@H](C)N1C(=O)[C@@H](NC(=O)OC(C)C)C(C)(C)C)C(=O)C(=O)NCC(=O)N[C@H](C(=O)N(C)C)c1ccccc1. The first kappa shape index (κ1) is 39.7. The van der Waals surface area contributed by atoms with Gasteiger partial charge >= 0.3 is 6.09 Å². The van der Waals surface area contributed by atoms with Crippen LogP contribution in [0.1, 0.15) is 85.8 Å². The van der Waals surface area contributed by atoms with Crippen LogP contribution >= 0.6 is 0 Å². The van der Waals surface area contributed by atoms with Gasteiger partial charge in [0.15, 0.2) is 0 Å². The van der Waals surface area contributed by atoms with Crippen LogP contribution in [0.4, 0.5) is 4.79 Å². The van der Waals surface area contributed by atoms with E-state index in [4.69, 9.17) is 4.74 Å². The van der Waals surface area contributed by atoms with E-state index >= 15 is 0 Å². The van der Waals surface area contributed by atoms with Crippen molar-refractivity contribution >= 4 is 41.4 Å². The summed E-state index contributed by atoms with van der Waals surface area (Å²) in [5.41, 5.74) is -0.172. The lowest BCUT2D eigenvalue weighted by molar-refractivity contribution is -0.145. The van der Waals surface area contributed by atoms with E-state index in [1.165, 1.54) is 9.80 Å². The molecule has 1 heterocycles. The van der Waals surface area contributed by atoms with Gasteiger partial charge in [0.1, 0.15) is 18.1 Å². The number of carbonyl (C=O) groups excluding carboxylic acids is 7. The van der Waals surface area contributed by atoms with Gasteiger partial charge in [0.2, 0.25) is 29.4 Å². The molecule has 0 saturated carbocycles. The van der Waals surface area contributed by atoms with Crippen LogP contribution in [0, 0.1) is 5.41 Å². The van der Waals surface area contributed by atoms with Gasteiger partial charge in [-0.2, -0.15) is 0 Å². The molecule has 14 nitrogen and oxygen atoms in total. The number of hydrogen-bond acceptors (Lipinski definition) is 8. The normalized spacial score (nSPS) is 17.8. The number of ether oxygens (including phenoxy) is 1. The summed E-state index contributed by atoms with van der Waals surface area (Å²) in [7, 11) is 3.11. The Morgan fingerprint density at radius 1 is 0.958 bits per heavy atom. The van der Waals surface area contributed by atoms with E-state index in [9.17, 15) is 33.6 Å². The number of nitrogens with one attached hydrogen (secondary N) is 4. The lowest BCUT2D eigenvalue weighted by Gasteiger charge is -2.37. The lowest BCUT2D eigenvalue weighted by Crippen LogP contribution is -2.60. The Morgan fingerprint density at radius 3 is 2.12 bits per heavy atom. The average molecular weight is 673 g/mol. The van der Waals surface area contributed by atoms with Crippen LogP contribution in [0.3, 0.4) is 0 Å². The van der Waals surface area contributed by atoms with Gasteiger partial charge in [0.05, 0.1) is 18.7 Å². The van der Waals surface area contributed by atoms with Crippen molar-refractivity contribution in [1.82, 2.24) is 31.1 Å². The van der Waals surface area contributed by atoms with Crippen molar-refractivity contribution in [3.05, 3.63) is 35.9 Å². The molecular formula is C34H52N6O8. The first-order valence-corrected chi connectivity index (χ1v) is 16.4. The largest absolute Gasteiger partial charge is 0.447 e. The predicted octanol–water partition coefficient (Wildman–Crippen LogP) is 1.83. The standard InChI is InChI=1S/C34H52N6O8/c1-10-14-23(27(42)30(44)35-19-25(41)37-26(31(45)39(8)9)22-15-12-11-13-16-22)36-29(43)24-18-17-21(4)40(24)32(46)28(34(5,6)7)38-33(47)48-20(2)3/h11-13,15-16,20-21,23-24,26,28H,10,14,17-19H2,1-9H3,(H,35,44)(H,36,43)(H,37,41)(H,38,47)/t21-,23?,24+,26+,28-/m1/s1. The molecule has 0 spiro atoms. The molecule has 6 amide bonds. The monoisotopic (exact) mass is 672 g/mol. The number of benzene rings is 1. The number of carbonyl (C=O) groups is 7. The third-order valence-corrected chi connectivity index (χ3v) is 7.91. The fourth-order valence-electron chi connectivity index (χ4n) is 5.41. The highest BCUT2D eigenvalue weighted by molar-refractivity contribution is 6.38. The third kappa shape index (κ3) is 11.1. The van der Waals surface area contributed by atoms with Crippen molar-refractivity contribution < 1.29 is 38.3 Å². The summed E-state index contributed by atoms with van der Waals surface area (Å²) in [5, 5.41) is 10.2. The average Bonchev–Trinajstić information content (AvgIpc) is 3.40. The minimum atomic E-state index is -1.21. The second-order valence-electron chi connectivity index (χ2n) is 13.6. The highest BCUT2D eigenvalue weighted by Crippen LogP contribution is 2.29. The Hall–Kier alpha value is -4.49. The lowest BCUT2D eigenvalue weighted by atomic mass is 9.85. The zero-order chi connectivity index (χ0) is 36.3. The van der Waals surface area contributed by atoms with Gasteiger partial charge in [-0.1, -0.05) is 64.4 Å². The van der Waals surface area contributed by atoms with E-state index in [-0.39, 0.29) is 18.4 Å². The first-order valence-electron chi connectivity index (χ1n) is 16.4. The molecule has 14 heteroatoms. The van der Waals surface area contributed by atoms with Crippen molar-refractivity contribution in [3.8, 4) is 0 Å². The highest BCUT2D eigenvalue weighted by Gasteiger charge is 2.45. The number of likely N-dealkylation sites (N-methyl/N-ethyl adjacent to an activating group) is 1. The summed E-state index contributed by atoms with van der Waals surface area (Å²) >= 11 is 0. The molecule has 1 aromatic carbocycles. The molecule has 1 aliphatic rings. The van der Waals surface area contributed by atoms with E-state index in [2.05, 4.69) is 21.3 Å². The fraction of sp³-hybridized carbons (Fsp3) is 0.618. The molecule has 0 bridgehead atoms. The maximum atomic E-state index is 13.9. The van der Waals surface area contributed by atoms with Gasteiger partial charge < -0.3 is 35.8 Å². The van der Waals surface area contributed by atoms with Crippen molar-refractivity contribution in [2.75, 3.05) is 20.6 Å². The van der Waals surface area contributed by atoms with Gasteiger partial charge in [0, 0.05) is 20.1 Å². The summed E-state index contributed by atoms with van der Waals surface area (Å²) in [6.45, 7) is 11.8. The van der Waals surface area contributed by atoms with Gasteiger partial charge in [-0.3, -0.25) is 28.8 Å². The Morgan fingerprint density at radius 2 is 1.58 bits per heavy atom. The first-order chi connectivity index (χ1) is 22.4. The smallest absolute Gasteiger partial charge is 0.408 e. The number of likely N-dealkylation sites (tertiary alicyclic amines) is 1. The highest BCUT2D eigenvalue weighted by atomic mass is 16.6. The van der Waals surface area contributed by atoms with E-state index in [0.29, 0.717) is 24.8 Å². The minimum absolute atomic E-state index is 0.140. The molecule has 1 aliphatic heterocycles. The van der Waals surface area contributed by atoms with E-state index < -0.39 is 77.7 Å². The van der Waals surface area contributed by atoms with Crippen LogP contribution in [0.25, 0.3) is 0 Å². The molecular weight excluding hydrogens is 620 g/mol. The molecule has 0 radical (unpaired) electrons. The second-order valence-corrected chi connectivity index (χ2v) is 13.6. The second kappa shape index (κ2) is 17.6. The van der Waals surface area contributed by atoms with Gasteiger partial charge in [-0.15, -0.1) is 0 Å². The molecule has 1 saturated heterocycles. The van der Waals surface area contributed by atoms with Gasteiger partial charge in [-0.05, 0) is 51.0 Å². The predicted molar refractivity (Wildman–Crippen MR) is 178 cm³/mol. The summed E-state index contributed by atoms with van der Waals surface area (Å²) < 4.78 is 5.19. The Balaban J connectivity index is 2.13. The molecule has 5 atom stereocenters. The summed E-state index contributed by atoms with van der Waals surface area (Å²) in [4.78, 5) is 94.3. The summed E-state index contributed by atoms with van der Waals surface area (Å²) in [5.74, 6) is -4.15. The molecule has 266 valence electrons. The van der Waals surface area contributed by atoms with E-state index in [1.54, 1.807) is 92.9 Å². The Labute approximate surface area is 283 Å². The zero-order valence-corrected chi connectivity index (χ0v) is 29.5. The molecule has 1 fully saturated rings. The maximum absolute atomic E-state index is 13.9. The minimum Gasteiger partial charge on any atom is -0.447 e. The molecule has 1 aromatic rings. The Kier molecular flexibility index (Phi) is 14.6. The fourth-order valence-corrected chi connectivity index (χ4v) is 5.41. The van der Waals surface area contributed by atoms with E-state index in [1.807, 2.05) is 0 Å². The third-order valence-electron chi connectivity index (χ3n) is 7.91. The van der Waals surface area contributed by atoms with Crippen molar-refractivity contribution in [2.24, 2.45) is 5.41 Å². The van der Waals surface area contributed by atoms with Gasteiger partial charge in [0.25, 0.3) is 5.91 Å². The quantitative estimate of drug-likeness (QED) is 0.216. The van der Waals surface area contributed by atoms with Crippen LogP contribution in [-0.2, 0) is 33.5 Å². The Bertz CT molecular complexity index is 1330. The summed E-state index contributed by atoms with van der Waals surface area (Å²) in [6, 6.07) is 4.13. The topological polar surface area (TPSA) is 183 Å². The number of rotatable bonds is 14. The van der Waals surface area contributed by atoms with Crippen molar-refractivity contribution in [2.45, 2.75) is 110 Å². The van der Waals surface area contributed by atoms with E-state index in [0.717, 1.165) is 0 Å².